The first-order chi connectivity index (χ1) is 9.52. The van der Waals surface area contributed by atoms with Crippen LogP contribution in [0.25, 0.3) is 0 Å². The molecule has 0 saturated carbocycles. The molecule has 1 N–H and O–H groups in total. The molecule has 0 fully saturated rings. The first kappa shape index (κ1) is 14.0. The molecule has 0 aliphatic rings. The number of ether oxygens (including phenoxy) is 1. The van der Waals surface area contributed by atoms with E-state index >= 15 is 0 Å². The van der Waals surface area contributed by atoms with E-state index < -0.39 is 11.8 Å². The van der Waals surface area contributed by atoms with Crippen LogP contribution in [0.4, 0.5) is 4.39 Å². The van der Waals surface area contributed by atoms with E-state index in [4.69, 9.17) is 15.1 Å². The molecule has 1 aromatic carbocycles. The Balaban J connectivity index is 2.36. The summed E-state index contributed by atoms with van der Waals surface area (Å²) >= 11 is 2.96. The van der Waals surface area contributed by atoms with Crippen LogP contribution in [-0.2, 0) is 0 Å². The quantitative estimate of drug-likeness (QED) is 0.929. The molecule has 0 unspecified atom stereocenters. The van der Waals surface area contributed by atoms with E-state index in [1.165, 1.54) is 24.4 Å². The summed E-state index contributed by atoms with van der Waals surface area (Å²) in [5, 5.41) is 17.6. The fourth-order valence-electron chi connectivity index (χ4n) is 1.42. The number of nitrogens with zero attached hydrogens (tertiary/aromatic N) is 2. The molecule has 0 atom stereocenters. The highest BCUT2D eigenvalue weighted by molar-refractivity contribution is 9.10. The SMILES string of the molecule is N#Cc1ccc(Oc2cncc(C(=O)O)c2)c(F)c1Br. The molecule has 0 amide bonds. The molecule has 1 aromatic heterocycles. The highest BCUT2D eigenvalue weighted by Gasteiger charge is 2.14. The van der Waals surface area contributed by atoms with Crippen molar-refractivity contribution in [3.8, 4) is 17.6 Å². The van der Waals surface area contributed by atoms with Gasteiger partial charge in [-0.1, -0.05) is 0 Å². The van der Waals surface area contributed by atoms with Crippen LogP contribution >= 0.6 is 15.9 Å². The Labute approximate surface area is 121 Å². The highest BCUT2D eigenvalue weighted by Crippen LogP contribution is 2.31. The maximum atomic E-state index is 13.9. The number of pyridine rings is 1. The van der Waals surface area contributed by atoms with E-state index in [9.17, 15) is 9.18 Å². The lowest BCUT2D eigenvalue weighted by atomic mass is 10.2. The lowest BCUT2D eigenvalue weighted by Crippen LogP contribution is -1.98. The first-order valence-corrected chi connectivity index (χ1v) is 6.06. The van der Waals surface area contributed by atoms with Crippen molar-refractivity contribution in [2.75, 3.05) is 0 Å². The summed E-state index contributed by atoms with van der Waals surface area (Å²) in [7, 11) is 0. The minimum absolute atomic E-state index is 0.0140. The van der Waals surface area contributed by atoms with Gasteiger partial charge in [0.15, 0.2) is 11.6 Å². The summed E-state index contributed by atoms with van der Waals surface area (Å²) in [6, 6.07) is 5.71. The van der Waals surface area contributed by atoms with Crippen molar-refractivity contribution in [3.63, 3.8) is 0 Å². The van der Waals surface area contributed by atoms with Crippen molar-refractivity contribution in [3.05, 3.63) is 52.0 Å². The van der Waals surface area contributed by atoms with Gasteiger partial charge in [0, 0.05) is 6.20 Å². The van der Waals surface area contributed by atoms with Crippen molar-refractivity contribution in [1.82, 2.24) is 4.98 Å². The van der Waals surface area contributed by atoms with Crippen LogP contribution in [0.1, 0.15) is 15.9 Å². The summed E-state index contributed by atoms with van der Waals surface area (Å²) in [6.45, 7) is 0. The molecule has 2 aromatic rings. The summed E-state index contributed by atoms with van der Waals surface area (Å²) in [5.74, 6) is -1.96. The van der Waals surface area contributed by atoms with Crippen molar-refractivity contribution in [2.24, 2.45) is 0 Å². The van der Waals surface area contributed by atoms with Gasteiger partial charge in [-0.15, -0.1) is 0 Å². The Morgan fingerprint density at radius 1 is 1.45 bits per heavy atom. The number of carboxylic acid groups (broad SMARTS) is 1. The lowest BCUT2D eigenvalue weighted by Gasteiger charge is -2.08. The van der Waals surface area contributed by atoms with Crippen LogP contribution in [0, 0.1) is 17.1 Å². The normalized spacial score (nSPS) is 9.85. The van der Waals surface area contributed by atoms with Crippen LogP contribution in [0.2, 0.25) is 0 Å². The van der Waals surface area contributed by atoms with Crippen molar-refractivity contribution in [2.45, 2.75) is 0 Å². The standard InChI is InChI=1S/C13H6BrFN2O3/c14-11-7(4-16)1-2-10(12(11)15)20-9-3-8(13(18)19)5-17-6-9/h1-3,5-6H,(H,18,19). The smallest absolute Gasteiger partial charge is 0.337 e. The molecule has 0 aliphatic heterocycles. The largest absolute Gasteiger partial charge is 0.478 e. The maximum Gasteiger partial charge on any atom is 0.337 e. The molecule has 2 rings (SSSR count). The van der Waals surface area contributed by atoms with Crippen LogP contribution in [0.5, 0.6) is 11.5 Å². The number of hydrogen-bond donors (Lipinski definition) is 1. The second kappa shape index (κ2) is 5.67. The lowest BCUT2D eigenvalue weighted by molar-refractivity contribution is 0.0696. The molecular weight excluding hydrogens is 331 g/mol. The molecular formula is C13H6BrFN2O3. The fourth-order valence-corrected chi connectivity index (χ4v) is 1.83. The Bertz CT molecular complexity index is 728. The highest BCUT2D eigenvalue weighted by atomic mass is 79.9. The van der Waals surface area contributed by atoms with Gasteiger partial charge in [-0.3, -0.25) is 4.98 Å². The van der Waals surface area contributed by atoms with Gasteiger partial charge in [0.1, 0.15) is 11.8 Å². The van der Waals surface area contributed by atoms with Gasteiger partial charge in [-0.05, 0) is 34.1 Å². The second-order valence-corrected chi connectivity index (χ2v) is 4.46. The van der Waals surface area contributed by atoms with E-state index in [2.05, 4.69) is 20.9 Å². The maximum absolute atomic E-state index is 13.9. The van der Waals surface area contributed by atoms with Crippen molar-refractivity contribution < 1.29 is 19.0 Å². The average Bonchev–Trinajstić information content (AvgIpc) is 2.44. The van der Waals surface area contributed by atoms with Crippen LogP contribution < -0.4 is 4.74 Å². The predicted octanol–water partition coefficient (Wildman–Crippen LogP) is 3.35. The molecule has 0 aliphatic carbocycles. The van der Waals surface area contributed by atoms with E-state index in [1.54, 1.807) is 0 Å². The average molecular weight is 337 g/mol. The molecule has 1 heterocycles. The zero-order valence-electron chi connectivity index (χ0n) is 9.80. The second-order valence-electron chi connectivity index (χ2n) is 3.67. The summed E-state index contributed by atoms with van der Waals surface area (Å²) < 4.78 is 19.2. The fraction of sp³-hybridized carbons (Fsp3) is 0. The molecule has 100 valence electrons. The number of aromatic carboxylic acids is 1. The number of aromatic nitrogens is 1. The minimum atomic E-state index is -1.16. The van der Waals surface area contributed by atoms with Crippen LogP contribution in [-0.4, -0.2) is 16.1 Å². The summed E-state index contributed by atoms with van der Waals surface area (Å²) in [6.07, 6.45) is 2.41. The van der Waals surface area contributed by atoms with Gasteiger partial charge < -0.3 is 9.84 Å². The van der Waals surface area contributed by atoms with Crippen LogP contribution in [0.15, 0.2) is 35.1 Å². The number of halogens is 2. The molecule has 5 nitrogen and oxygen atoms in total. The molecule has 20 heavy (non-hydrogen) atoms. The molecule has 0 radical (unpaired) electrons. The van der Waals surface area contributed by atoms with Gasteiger partial charge in [-0.25, -0.2) is 9.18 Å². The molecule has 0 spiro atoms. The zero-order valence-corrected chi connectivity index (χ0v) is 11.4. The Hall–Kier alpha value is -2.46. The third-order valence-corrected chi connectivity index (χ3v) is 3.13. The number of hydrogen-bond acceptors (Lipinski definition) is 4. The van der Waals surface area contributed by atoms with Gasteiger partial charge in [0.2, 0.25) is 0 Å². The number of carbonyl (C=O) groups is 1. The Kier molecular flexibility index (Phi) is 3.96. The monoisotopic (exact) mass is 336 g/mol. The van der Waals surface area contributed by atoms with Gasteiger partial charge in [0.25, 0.3) is 0 Å². The number of benzene rings is 1. The van der Waals surface area contributed by atoms with Gasteiger partial charge in [0.05, 0.1) is 21.8 Å². The summed E-state index contributed by atoms with van der Waals surface area (Å²) in [4.78, 5) is 14.5. The van der Waals surface area contributed by atoms with Crippen molar-refractivity contribution in [1.29, 1.82) is 5.26 Å². The van der Waals surface area contributed by atoms with E-state index in [0.29, 0.717) is 0 Å². The third-order valence-electron chi connectivity index (χ3n) is 2.36. The zero-order chi connectivity index (χ0) is 14.7. The van der Waals surface area contributed by atoms with E-state index in [-0.39, 0.29) is 27.1 Å². The summed E-state index contributed by atoms with van der Waals surface area (Å²) in [5.41, 5.74) is 0.0582. The number of carboxylic acids is 1. The third kappa shape index (κ3) is 2.75. The topological polar surface area (TPSA) is 83.2 Å². The van der Waals surface area contributed by atoms with Gasteiger partial charge >= 0.3 is 5.97 Å². The number of nitriles is 1. The van der Waals surface area contributed by atoms with Crippen molar-refractivity contribution >= 4 is 21.9 Å². The minimum Gasteiger partial charge on any atom is -0.478 e. The molecule has 7 heteroatoms. The van der Waals surface area contributed by atoms with Gasteiger partial charge in [-0.2, -0.15) is 5.26 Å². The Morgan fingerprint density at radius 2 is 2.20 bits per heavy atom. The predicted molar refractivity (Wildman–Crippen MR) is 70.1 cm³/mol. The molecule has 0 bridgehead atoms. The number of rotatable bonds is 3. The molecule has 0 saturated heterocycles. The van der Waals surface area contributed by atoms with Crippen LogP contribution in [0.3, 0.4) is 0 Å². The first-order valence-electron chi connectivity index (χ1n) is 5.27. The van der Waals surface area contributed by atoms with E-state index in [0.717, 1.165) is 6.20 Å². The van der Waals surface area contributed by atoms with E-state index in [1.807, 2.05) is 6.07 Å². The Morgan fingerprint density at radius 3 is 2.85 bits per heavy atom.